The SMILES string of the molecule is C#CC(=C)/C=C\C=C/Cc1cccc(C)c1.CC=Nc1cc(C(C)(C)C)ccc1C. The minimum Gasteiger partial charge on any atom is -0.261 e. The number of rotatable bonds is 5. The van der Waals surface area contributed by atoms with Crippen molar-refractivity contribution in [3.63, 3.8) is 0 Å². The summed E-state index contributed by atoms with van der Waals surface area (Å²) >= 11 is 0. The Morgan fingerprint density at radius 1 is 1.10 bits per heavy atom. The minimum atomic E-state index is 0.200. The van der Waals surface area contributed by atoms with E-state index in [2.05, 4.69) is 101 Å². The van der Waals surface area contributed by atoms with E-state index in [0.717, 1.165) is 12.1 Å². The molecule has 0 heterocycles. The maximum atomic E-state index is 5.17. The lowest BCUT2D eigenvalue weighted by Crippen LogP contribution is -2.10. The van der Waals surface area contributed by atoms with Crippen molar-refractivity contribution in [2.45, 2.75) is 53.4 Å². The van der Waals surface area contributed by atoms with Crippen LogP contribution in [0.2, 0.25) is 0 Å². The van der Waals surface area contributed by atoms with Crippen LogP contribution in [0.25, 0.3) is 0 Å². The summed E-state index contributed by atoms with van der Waals surface area (Å²) in [4.78, 5) is 4.36. The van der Waals surface area contributed by atoms with Crippen LogP contribution in [0.1, 0.15) is 49.9 Å². The quantitative estimate of drug-likeness (QED) is 0.277. The first-order valence-electron chi connectivity index (χ1n) is 10.3. The van der Waals surface area contributed by atoms with Gasteiger partial charge < -0.3 is 0 Å². The van der Waals surface area contributed by atoms with Gasteiger partial charge >= 0.3 is 0 Å². The van der Waals surface area contributed by atoms with Gasteiger partial charge in [0, 0.05) is 11.8 Å². The molecule has 0 aromatic heterocycles. The maximum Gasteiger partial charge on any atom is 0.0657 e. The van der Waals surface area contributed by atoms with Crippen molar-refractivity contribution in [3.8, 4) is 12.3 Å². The van der Waals surface area contributed by atoms with Crippen molar-refractivity contribution in [1.29, 1.82) is 0 Å². The molecule has 0 aliphatic carbocycles. The summed E-state index contributed by atoms with van der Waals surface area (Å²) in [7, 11) is 0. The molecule has 0 bridgehead atoms. The van der Waals surface area contributed by atoms with Gasteiger partial charge in [-0.2, -0.15) is 0 Å². The molecule has 0 N–H and O–H groups in total. The van der Waals surface area contributed by atoms with Gasteiger partial charge in [0.2, 0.25) is 0 Å². The minimum absolute atomic E-state index is 0.200. The third-order valence-electron chi connectivity index (χ3n) is 4.51. The fourth-order valence-corrected chi connectivity index (χ4v) is 2.70. The third kappa shape index (κ3) is 9.39. The normalized spacial score (nSPS) is 11.5. The average molecular weight is 398 g/mol. The predicted molar refractivity (Wildman–Crippen MR) is 135 cm³/mol. The lowest BCUT2D eigenvalue weighted by atomic mass is 9.86. The van der Waals surface area contributed by atoms with Gasteiger partial charge in [0.15, 0.2) is 0 Å². The molecule has 0 aliphatic heterocycles. The van der Waals surface area contributed by atoms with E-state index >= 15 is 0 Å². The zero-order valence-corrected chi connectivity index (χ0v) is 19.4. The van der Waals surface area contributed by atoms with Gasteiger partial charge in [-0.3, -0.25) is 4.99 Å². The van der Waals surface area contributed by atoms with Gasteiger partial charge in [0.05, 0.1) is 5.69 Å². The van der Waals surface area contributed by atoms with Crippen LogP contribution in [0.15, 0.2) is 83.9 Å². The van der Waals surface area contributed by atoms with Crippen molar-refractivity contribution in [3.05, 3.63) is 101 Å². The van der Waals surface area contributed by atoms with Crippen LogP contribution in [-0.2, 0) is 11.8 Å². The number of hydrogen-bond donors (Lipinski definition) is 0. The van der Waals surface area contributed by atoms with E-state index in [1.807, 2.05) is 31.4 Å². The zero-order chi connectivity index (χ0) is 22.6. The van der Waals surface area contributed by atoms with Crippen molar-refractivity contribution >= 4 is 11.9 Å². The standard InChI is InChI=1S/C16H16.C13H19N/c1-4-14(2)9-6-5-7-11-16-12-8-10-15(3)13-16;1-6-14-12-9-11(13(3,4)5)8-7-10(12)2/h1,5-10,12-13H,2,11H2,3H3;6-9H,1-5H3/b7-5-,9-6-;. The van der Waals surface area contributed by atoms with E-state index in [4.69, 9.17) is 6.42 Å². The van der Waals surface area contributed by atoms with E-state index in [1.54, 1.807) is 0 Å². The molecule has 0 unspecified atom stereocenters. The first-order valence-corrected chi connectivity index (χ1v) is 10.3. The molecule has 0 aliphatic rings. The number of hydrogen-bond acceptors (Lipinski definition) is 1. The molecule has 0 saturated carbocycles. The van der Waals surface area contributed by atoms with Crippen LogP contribution in [0, 0.1) is 26.2 Å². The number of allylic oxidation sites excluding steroid dienone is 5. The Balaban J connectivity index is 0.000000303. The highest BCUT2D eigenvalue weighted by molar-refractivity contribution is 5.63. The van der Waals surface area contributed by atoms with E-state index in [1.165, 1.54) is 22.3 Å². The van der Waals surface area contributed by atoms with Crippen molar-refractivity contribution in [2.75, 3.05) is 0 Å². The summed E-state index contributed by atoms with van der Waals surface area (Å²) in [5, 5.41) is 0. The summed E-state index contributed by atoms with van der Waals surface area (Å²) in [5.74, 6) is 2.47. The molecular weight excluding hydrogens is 362 g/mol. The van der Waals surface area contributed by atoms with Crippen molar-refractivity contribution < 1.29 is 0 Å². The molecule has 156 valence electrons. The maximum absolute atomic E-state index is 5.17. The highest BCUT2D eigenvalue weighted by Crippen LogP contribution is 2.28. The molecule has 2 rings (SSSR count). The molecule has 2 aromatic carbocycles. The summed E-state index contributed by atoms with van der Waals surface area (Å²) in [6, 6.07) is 15.0. The van der Waals surface area contributed by atoms with Crippen LogP contribution in [0.4, 0.5) is 5.69 Å². The van der Waals surface area contributed by atoms with Crippen LogP contribution < -0.4 is 0 Å². The highest BCUT2D eigenvalue weighted by atomic mass is 14.7. The molecule has 1 nitrogen and oxygen atoms in total. The van der Waals surface area contributed by atoms with Gasteiger partial charge in [-0.05, 0) is 61.4 Å². The summed E-state index contributed by atoms with van der Waals surface area (Å²) in [5.41, 5.74) is 7.16. The Morgan fingerprint density at radius 3 is 2.43 bits per heavy atom. The zero-order valence-electron chi connectivity index (χ0n) is 19.4. The predicted octanol–water partition coefficient (Wildman–Crippen LogP) is 7.85. The average Bonchev–Trinajstić information content (AvgIpc) is 2.69. The molecule has 0 saturated heterocycles. The van der Waals surface area contributed by atoms with Gasteiger partial charge in [-0.25, -0.2) is 0 Å². The Kier molecular flexibility index (Phi) is 10.3. The number of nitrogens with zero attached hydrogens (tertiary/aromatic N) is 1. The fraction of sp³-hybridized carbons (Fsp3) is 0.276. The molecule has 0 amide bonds. The van der Waals surface area contributed by atoms with E-state index in [-0.39, 0.29) is 5.41 Å². The summed E-state index contributed by atoms with van der Waals surface area (Å²) in [6.07, 6.45) is 15.8. The van der Waals surface area contributed by atoms with Gasteiger partial charge in [-0.15, -0.1) is 6.42 Å². The summed E-state index contributed by atoms with van der Waals surface area (Å²) < 4.78 is 0. The molecule has 0 radical (unpaired) electrons. The van der Waals surface area contributed by atoms with E-state index < -0.39 is 0 Å². The number of aryl methyl sites for hydroxylation is 2. The molecule has 1 heteroatoms. The fourth-order valence-electron chi connectivity index (χ4n) is 2.70. The lowest BCUT2D eigenvalue weighted by Gasteiger charge is -2.19. The van der Waals surface area contributed by atoms with Gasteiger partial charge in [-0.1, -0.05) is 93.5 Å². The molecule has 0 fully saturated rings. The third-order valence-corrected chi connectivity index (χ3v) is 4.51. The first-order chi connectivity index (χ1) is 14.2. The second kappa shape index (κ2) is 12.5. The molecule has 2 aromatic rings. The lowest BCUT2D eigenvalue weighted by molar-refractivity contribution is 0.590. The van der Waals surface area contributed by atoms with Crippen LogP contribution in [0.3, 0.4) is 0 Å². The molecule has 0 atom stereocenters. The van der Waals surface area contributed by atoms with E-state index in [9.17, 15) is 0 Å². The topological polar surface area (TPSA) is 12.4 Å². The Bertz CT molecular complexity index is 957. The molecule has 0 spiro atoms. The molecule has 30 heavy (non-hydrogen) atoms. The largest absolute Gasteiger partial charge is 0.261 e. The van der Waals surface area contributed by atoms with Crippen LogP contribution in [0.5, 0.6) is 0 Å². The monoisotopic (exact) mass is 397 g/mol. The summed E-state index contributed by atoms with van der Waals surface area (Å²) in [6.45, 7) is 16.5. The number of benzene rings is 2. The van der Waals surface area contributed by atoms with Crippen LogP contribution >= 0.6 is 0 Å². The first kappa shape index (κ1) is 24.9. The Hall–Kier alpha value is -3.11. The Morgan fingerprint density at radius 2 is 1.83 bits per heavy atom. The highest BCUT2D eigenvalue weighted by Gasteiger charge is 2.14. The second-order valence-corrected chi connectivity index (χ2v) is 8.29. The smallest absolute Gasteiger partial charge is 0.0657 e. The van der Waals surface area contributed by atoms with E-state index in [0.29, 0.717) is 5.57 Å². The molecular formula is C29H35N. The number of terminal acetylenes is 1. The Labute approximate surface area is 184 Å². The van der Waals surface area contributed by atoms with Crippen molar-refractivity contribution in [1.82, 2.24) is 0 Å². The van der Waals surface area contributed by atoms with Gasteiger partial charge in [0.25, 0.3) is 0 Å². The van der Waals surface area contributed by atoms with Crippen molar-refractivity contribution in [2.24, 2.45) is 4.99 Å². The number of aliphatic imine (C=N–C) groups is 1. The second-order valence-electron chi connectivity index (χ2n) is 8.29. The van der Waals surface area contributed by atoms with Crippen LogP contribution in [-0.4, -0.2) is 6.21 Å². The van der Waals surface area contributed by atoms with Gasteiger partial charge in [0.1, 0.15) is 0 Å².